The molecular weight excluding hydrogens is 593 g/mol. The molecular formula is C24H24Cl2F6N4O4. The minimum Gasteiger partial charge on any atom is -0.475 e. The quantitative estimate of drug-likeness (QED) is 0.336. The van der Waals surface area contributed by atoms with Gasteiger partial charge in [0.15, 0.2) is 0 Å². The number of halogens is 8. The molecule has 40 heavy (non-hydrogen) atoms. The lowest BCUT2D eigenvalue weighted by Gasteiger charge is -2.18. The number of carbonyl (C=O) groups is 2. The van der Waals surface area contributed by atoms with E-state index in [1.165, 1.54) is 22.8 Å². The number of likely N-dealkylation sites (N-methyl/N-ethyl adjacent to an activating group) is 1. The number of primary amides is 1. The molecule has 0 radical (unpaired) electrons. The standard InChI is InChI=1S/C22H23Cl2F3N4O2.C2HF3O2/c1-3-29(4-2)7-8-30-18-11-13(20(28)32)10-16(22(25,26)27)19(18)31(21(30)33)12-14-9-15(23)5-6-17(14)24;3-2(4,5)1(6)7/h5-6,9-11H,3-4,7-8,12H2,1-2H3,(H2,28,32);(H,6,7). The van der Waals surface area contributed by atoms with Crippen molar-refractivity contribution < 1.29 is 41.0 Å². The van der Waals surface area contributed by atoms with Crippen LogP contribution in [0.25, 0.3) is 11.0 Å². The van der Waals surface area contributed by atoms with Gasteiger partial charge in [-0.1, -0.05) is 37.0 Å². The first-order chi connectivity index (χ1) is 18.4. The maximum Gasteiger partial charge on any atom is 0.490 e. The Kier molecular flexibility index (Phi) is 10.7. The van der Waals surface area contributed by atoms with Crippen LogP contribution in [-0.4, -0.2) is 56.8 Å². The van der Waals surface area contributed by atoms with E-state index in [2.05, 4.69) is 0 Å². The van der Waals surface area contributed by atoms with Crippen LogP contribution in [0, 0.1) is 0 Å². The molecule has 0 aliphatic heterocycles. The lowest BCUT2D eigenvalue weighted by Crippen LogP contribution is -2.32. The summed E-state index contributed by atoms with van der Waals surface area (Å²) in [5, 5.41) is 7.72. The number of carboxylic acids is 1. The minimum absolute atomic E-state index is 0.0195. The number of benzene rings is 2. The Morgan fingerprint density at radius 3 is 2.05 bits per heavy atom. The lowest BCUT2D eigenvalue weighted by molar-refractivity contribution is -0.192. The van der Waals surface area contributed by atoms with Gasteiger partial charge < -0.3 is 15.7 Å². The van der Waals surface area contributed by atoms with Crippen molar-refractivity contribution >= 4 is 46.1 Å². The van der Waals surface area contributed by atoms with E-state index >= 15 is 0 Å². The number of nitrogens with two attached hydrogens (primary N) is 1. The molecule has 0 saturated carbocycles. The van der Waals surface area contributed by atoms with Crippen LogP contribution in [0.5, 0.6) is 0 Å². The number of aromatic nitrogens is 2. The number of imidazole rings is 1. The van der Waals surface area contributed by atoms with Gasteiger partial charge >= 0.3 is 24.0 Å². The molecule has 0 spiro atoms. The summed E-state index contributed by atoms with van der Waals surface area (Å²) < 4.78 is 76.2. The summed E-state index contributed by atoms with van der Waals surface area (Å²) >= 11 is 12.3. The predicted octanol–water partition coefficient (Wildman–Crippen LogP) is 5.25. The maximum absolute atomic E-state index is 14.1. The normalized spacial score (nSPS) is 12.0. The molecule has 16 heteroatoms. The topological polar surface area (TPSA) is 111 Å². The summed E-state index contributed by atoms with van der Waals surface area (Å²) in [6, 6.07) is 6.46. The van der Waals surface area contributed by atoms with Gasteiger partial charge in [-0.05, 0) is 49.0 Å². The summed E-state index contributed by atoms with van der Waals surface area (Å²) in [5.74, 6) is -3.77. The summed E-state index contributed by atoms with van der Waals surface area (Å²) in [4.78, 5) is 36.1. The number of carbonyl (C=O) groups excluding carboxylic acids is 1. The van der Waals surface area contributed by atoms with Crippen molar-refractivity contribution in [3.8, 4) is 0 Å². The fourth-order valence-electron chi connectivity index (χ4n) is 3.79. The van der Waals surface area contributed by atoms with E-state index in [4.69, 9.17) is 38.8 Å². The fraction of sp³-hybridized carbons (Fsp3) is 0.375. The third-order valence-electron chi connectivity index (χ3n) is 5.82. The monoisotopic (exact) mass is 616 g/mol. The van der Waals surface area contributed by atoms with E-state index in [1.54, 1.807) is 6.07 Å². The number of fused-ring (bicyclic) bond motifs is 1. The first kappa shape index (κ1) is 33.0. The predicted molar refractivity (Wildman–Crippen MR) is 137 cm³/mol. The Labute approximate surface area is 233 Å². The molecule has 0 saturated heterocycles. The Morgan fingerprint density at radius 2 is 1.57 bits per heavy atom. The summed E-state index contributed by atoms with van der Waals surface area (Å²) in [6.07, 6.45) is -9.92. The largest absolute Gasteiger partial charge is 0.490 e. The molecule has 0 atom stereocenters. The van der Waals surface area contributed by atoms with Crippen molar-refractivity contribution in [1.29, 1.82) is 0 Å². The lowest BCUT2D eigenvalue weighted by atomic mass is 10.1. The highest BCUT2D eigenvalue weighted by Crippen LogP contribution is 2.36. The highest BCUT2D eigenvalue weighted by atomic mass is 35.5. The Morgan fingerprint density at radius 1 is 1.00 bits per heavy atom. The summed E-state index contributed by atoms with van der Waals surface area (Å²) in [5.41, 5.74) is 3.23. The van der Waals surface area contributed by atoms with Gasteiger partial charge in [-0.15, -0.1) is 0 Å². The van der Waals surface area contributed by atoms with Crippen LogP contribution in [0.2, 0.25) is 10.0 Å². The van der Waals surface area contributed by atoms with Crippen molar-refractivity contribution in [3.05, 3.63) is 67.6 Å². The van der Waals surface area contributed by atoms with Gasteiger partial charge in [0.2, 0.25) is 5.91 Å². The van der Waals surface area contributed by atoms with Crippen molar-refractivity contribution in [2.75, 3.05) is 19.6 Å². The second-order valence-electron chi connectivity index (χ2n) is 8.34. The third kappa shape index (κ3) is 7.92. The Hall–Kier alpha value is -3.23. The molecule has 0 aliphatic rings. The van der Waals surface area contributed by atoms with Gasteiger partial charge in [-0.2, -0.15) is 26.3 Å². The van der Waals surface area contributed by atoms with Crippen molar-refractivity contribution in [2.24, 2.45) is 5.73 Å². The molecule has 0 fully saturated rings. The van der Waals surface area contributed by atoms with E-state index in [0.717, 1.165) is 4.57 Å². The molecule has 8 nitrogen and oxygen atoms in total. The van der Waals surface area contributed by atoms with Crippen LogP contribution in [0.4, 0.5) is 26.3 Å². The van der Waals surface area contributed by atoms with Crippen LogP contribution in [0.15, 0.2) is 35.1 Å². The highest BCUT2D eigenvalue weighted by molar-refractivity contribution is 6.33. The fourth-order valence-corrected chi connectivity index (χ4v) is 4.16. The molecule has 0 aliphatic carbocycles. The van der Waals surface area contributed by atoms with Crippen molar-refractivity contribution in [1.82, 2.24) is 14.0 Å². The average molecular weight is 617 g/mol. The van der Waals surface area contributed by atoms with Crippen LogP contribution in [-0.2, 0) is 24.1 Å². The Balaban J connectivity index is 0.000000708. The second kappa shape index (κ2) is 13.0. The van der Waals surface area contributed by atoms with Gasteiger partial charge in [-0.3, -0.25) is 13.9 Å². The third-order valence-corrected chi connectivity index (χ3v) is 6.42. The zero-order valence-corrected chi connectivity index (χ0v) is 22.5. The molecule has 0 bridgehead atoms. The number of amides is 1. The zero-order valence-electron chi connectivity index (χ0n) is 21.0. The van der Waals surface area contributed by atoms with Gasteiger partial charge in [0.1, 0.15) is 0 Å². The van der Waals surface area contributed by atoms with E-state index in [9.17, 15) is 35.9 Å². The highest BCUT2D eigenvalue weighted by Gasteiger charge is 2.38. The van der Waals surface area contributed by atoms with Crippen LogP contribution < -0.4 is 11.4 Å². The number of hydrogen-bond donors (Lipinski definition) is 2. The van der Waals surface area contributed by atoms with Gasteiger partial charge in [0.05, 0.1) is 23.1 Å². The average Bonchev–Trinajstić information content (AvgIpc) is 3.11. The van der Waals surface area contributed by atoms with Crippen LogP contribution in [0.3, 0.4) is 0 Å². The molecule has 1 aromatic heterocycles. The van der Waals surface area contributed by atoms with Crippen molar-refractivity contribution in [3.63, 3.8) is 0 Å². The molecule has 0 unspecified atom stereocenters. The van der Waals surface area contributed by atoms with E-state index in [0.29, 0.717) is 36.3 Å². The zero-order chi connectivity index (χ0) is 30.6. The van der Waals surface area contributed by atoms with E-state index in [1.807, 2.05) is 18.7 Å². The van der Waals surface area contributed by atoms with Crippen LogP contribution in [0.1, 0.15) is 35.3 Å². The number of hydrogen-bond acceptors (Lipinski definition) is 4. The van der Waals surface area contributed by atoms with Gasteiger partial charge in [0, 0.05) is 28.7 Å². The number of carboxylic acid groups (broad SMARTS) is 1. The SMILES string of the molecule is CCN(CC)CCn1c(=O)n(Cc2cc(Cl)ccc2Cl)c2c(C(F)(F)F)cc(C(N)=O)cc21.O=C(O)C(F)(F)F. The first-order valence-corrected chi connectivity index (χ1v) is 12.3. The van der Waals surface area contributed by atoms with E-state index < -0.39 is 35.5 Å². The van der Waals surface area contributed by atoms with Gasteiger partial charge in [-0.25, -0.2) is 9.59 Å². The maximum atomic E-state index is 14.1. The second-order valence-corrected chi connectivity index (χ2v) is 9.18. The molecule has 220 valence electrons. The summed E-state index contributed by atoms with van der Waals surface area (Å²) in [7, 11) is 0. The minimum atomic E-state index is -5.08. The molecule has 2 aromatic carbocycles. The van der Waals surface area contributed by atoms with Crippen molar-refractivity contribution in [2.45, 2.75) is 39.3 Å². The Bertz CT molecular complexity index is 1450. The first-order valence-electron chi connectivity index (χ1n) is 11.5. The molecule has 3 aromatic rings. The number of nitrogens with zero attached hydrogens (tertiary/aromatic N) is 3. The number of alkyl halides is 6. The molecule has 1 heterocycles. The summed E-state index contributed by atoms with van der Waals surface area (Å²) in [6.45, 7) is 5.66. The molecule has 3 rings (SSSR count). The molecule has 3 N–H and O–H groups in total. The number of aliphatic carboxylic acids is 1. The van der Waals surface area contributed by atoms with Crippen LogP contribution >= 0.6 is 23.2 Å². The van der Waals surface area contributed by atoms with Gasteiger partial charge in [0.25, 0.3) is 0 Å². The molecule has 1 amide bonds. The smallest absolute Gasteiger partial charge is 0.475 e. The number of rotatable bonds is 8. The van der Waals surface area contributed by atoms with E-state index in [-0.39, 0.29) is 34.7 Å².